The van der Waals surface area contributed by atoms with Crippen LogP contribution in [0.1, 0.15) is 11.3 Å². The molecule has 0 bridgehead atoms. The maximum atomic E-state index is 13.4. The molecule has 5 nitrogen and oxygen atoms in total. The first-order valence-corrected chi connectivity index (χ1v) is 6.59. The zero-order valence-electron chi connectivity index (χ0n) is 12.0. The van der Waals surface area contributed by atoms with Crippen molar-refractivity contribution in [2.24, 2.45) is 9.98 Å². The smallest absolute Gasteiger partial charge is 0.443 e. The first kappa shape index (κ1) is 17.0. The van der Waals surface area contributed by atoms with Crippen LogP contribution in [0.4, 0.5) is 26.3 Å². The summed E-state index contributed by atoms with van der Waals surface area (Å²) in [6, 6.07) is 4.89. The van der Waals surface area contributed by atoms with Gasteiger partial charge in [-0.15, -0.1) is 0 Å². The Morgan fingerprint density at radius 3 is 2.08 bits per heavy atom. The van der Waals surface area contributed by atoms with E-state index in [1.165, 1.54) is 24.4 Å². The number of hydrogen-bond donors (Lipinski definition) is 0. The van der Waals surface area contributed by atoms with Crippen molar-refractivity contribution in [3.8, 4) is 0 Å². The summed E-state index contributed by atoms with van der Waals surface area (Å²) in [5.41, 5.74) is -4.90. The third kappa shape index (κ3) is 2.85. The van der Waals surface area contributed by atoms with E-state index in [0.29, 0.717) is 0 Å². The summed E-state index contributed by atoms with van der Waals surface area (Å²) in [7, 11) is 0. The van der Waals surface area contributed by atoms with Crippen molar-refractivity contribution in [2.45, 2.75) is 18.0 Å². The second-order valence-corrected chi connectivity index (χ2v) is 4.82. The number of rotatable bonds is 2. The summed E-state index contributed by atoms with van der Waals surface area (Å²) < 4.78 is 90.0. The third-order valence-corrected chi connectivity index (χ3v) is 3.15. The number of halogens is 6. The van der Waals surface area contributed by atoms with Gasteiger partial charge < -0.3 is 9.15 Å². The average molecular weight is 363 g/mol. The fourth-order valence-corrected chi connectivity index (χ4v) is 1.99. The van der Waals surface area contributed by atoms with E-state index < -0.39 is 35.6 Å². The van der Waals surface area contributed by atoms with Crippen LogP contribution in [-0.4, -0.2) is 34.8 Å². The maximum Gasteiger partial charge on any atom is 0.443 e. The minimum Gasteiger partial charge on any atom is -0.459 e. The van der Waals surface area contributed by atoms with Gasteiger partial charge in [0, 0.05) is 12.4 Å². The molecule has 1 aliphatic heterocycles. The molecule has 0 saturated heterocycles. The molecule has 0 fully saturated rings. The van der Waals surface area contributed by atoms with Gasteiger partial charge in [-0.25, -0.2) is 4.99 Å². The van der Waals surface area contributed by atoms with Crippen LogP contribution in [0, 0.1) is 0 Å². The molecule has 0 amide bonds. The lowest BCUT2D eigenvalue weighted by Gasteiger charge is -2.33. The molecule has 0 aromatic carbocycles. The van der Waals surface area contributed by atoms with E-state index in [4.69, 9.17) is 9.15 Å². The van der Waals surface area contributed by atoms with Gasteiger partial charge in [0.25, 0.3) is 5.90 Å². The van der Waals surface area contributed by atoms with Crippen molar-refractivity contribution in [3.63, 3.8) is 0 Å². The van der Waals surface area contributed by atoms with Crippen molar-refractivity contribution in [1.29, 1.82) is 0 Å². The van der Waals surface area contributed by atoms with Gasteiger partial charge in [0.2, 0.25) is 5.90 Å². The summed E-state index contributed by atoms with van der Waals surface area (Å²) in [6.45, 7) is 0. The number of aliphatic imine (C=N–C) groups is 2. The number of alkyl halides is 6. The van der Waals surface area contributed by atoms with Crippen LogP contribution in [0.2, 0.25) is 0 Å². The molecule has 11 heteroatoms. The molecule has 0 saturated carbocycles. The van der Waals surface area contributed by atoms with Crippen molar-refractivity contribution < 1.29 is 35.5 Å². The Kier molecular flexibility index (Phi) is 3.81. The Hall–Kier alpha value is -2.85. The predicted octanol–water partition coefficient (Wildman–Crippen LogP) is 3.72. The van der Waals surface area contributed by atoms with Gasteiger partial charge in [-0.1, -0.05) is 0 Å². The summed E-state index contributed by atoms with van der Waals surface area (Å²) in [6.07, 6.45) is -8.36. The second-order valence-electron chi connectivity index (χ2n) is 4.82. The molecule has 3 heterocycles. The van der Waals surface area contributed by atoms with Crippen LogP contribution in [0.25, 0.3) is 0 Å². The van der Waals surface area contributed by atoms with Gasteiger partial charge in [-0.05, 0) is 24.3 Å². The lowest BCUT2D eigenvalue weighted by molar-refractivity contribution is -0.293. The first-order chi connectivity index (χ1) is 11.6. The van der Waals surface area contributed by atoms with Crippen molar-refractivity contribution in [3.05, 3.63) is 54.2 Å². The monoisotopic (exact) mass is 363 g/mol. The highest BCUT2D eigenvalue weighted by Crippen LogP contribution is 2.49. The Morgan fingerprint density at radius 2 is 1.56 bits per heavy atom. The fraction of sp³-hybridized carbons (Fsp3) is 0.214. The number of nitrogens with zero attached hydrogens (tertiary/aromatic N) is 3. The number of ether oxygens (including phenoxy) is 1. The Morgan fingerprint density at radius 1 is 0.880 bits per heavy atom. The van der Waals surface area contributed by atoms with E-state index in [1.807, 2.05) is 0 Å². The highest BCUT2D eigenvalue weighted by atomic mass is 19.4. The van der Waals surface area contributed by atoms with Gasteiger partial charge in [0.1, 0.15) is 0 Å². The Labute approximate surface area is 135 Å². The molecule has 0 spiro atoms. The van der Waals surface area contributed by atoms with Crippen molar-refractivity contribution >= 4 is 11.8 Å². The molecular weight excluding hydrogens is 356 g/mol. The molecule has 3 rings (SSSR count). The molecule has 1 aliphatic rings. The van der Waals surface area contributed by atoms with Crippen molar-refractivity contribution in [2.75, 3.05) is 0 Å². The van der Waals surface area contributed by atoms with Crippen LogP contribution < -0.4 is 0 Å². The summed E-state index contributed by atoms with van der Waals surface area (Å²) in [4.78, 5) is 9.11. The number of aromatic nitrogens is 1. The zero-order chi connectivity index (χ0) is 18.3. The van der Waals surface area contributed by atoms with Gasteiger partial charge in [-0.3, -0.25) is 4.98 Å². The van der Waals surface area contributed by atoms with E-state index in [1.54, 1.807) is 0 Å². The molecular formula is C14H7F6N3O2. The number of pyridine rings is 1. The molecule has 0 N–H and O–H groups in total. The number of furan rings is 1. The minimum absolute atomic E-state index is 0.181. The standard InChI is InChI=1S/C14H7F6N3O2/c15-13(16,17)12(14(18,19)20)22-10(8-3-1-5-21-7-8)25-11(23-12)9-4-2-6-24-9/h1-7H. The minimum atomic E-state index is -5.86. The summed E-state index contributed by atoms with van der Waals surface area (Å²) in [5, 5.41) is 0. The molecule has 132 valence electrons. The van der Waals surface area contributed by atoms with Crippen LogP contribution in [-0.2, 0) is 4.74 Å². The van der Waals surface area contributed by atoms with Crippen molar-refractivity contribution in [1.82, 2.24) is 4.98 Å². The lowest BCUT2D eigenvalue weighted by Crippen LogP contribution is -2.56. The van der Waals surface area contributed by atoms with Gasteiger partial charge in [0.05, 0.1) is 11.8 Å². The largest absolute Gasteiger partial charge is 0.459 e. The van der Waals surface area contributed by atoms with Gasteiger partial charge in [-0.2, -0.15) is 31.3 Å². The van der Waals surface area contributed by atoms with Crippen LogP contribution in [0.3, 0.4) is 0 Å². The Balaban J connectivity index is 2.24. The van der Waals surface area contributed by atoms with Crippen LogP contribution >= 0.6 is 0 Å². The lowest BCUT2D eigenvalue weighted by atomic mass is 10.1. The van der Waals surface area contributed by atoms with E-state index >= 15 is 0 Å². The summed E-state index contributed by atoms with van der Waals surface area (Å²) >= 11 is 0. The zero-order valence-corrected chi connectivity index (χ0v) is 12.0. The van der Waals surface area contributed by atoms with Crippen LogP contribution in [0.15, 0.2) is 57.3 Å². The molecule has 0 unspecified atom stereocenters. The van der Waals surface area contributed by atoms with Crippen LogP contribution in [0.5, 0.6) is 0 Å². The predicted molar refractivity (Wildman–Crippen MR) is 71.9 cm³/mol. The second kappa shape index (κ2) is 5.60. The highest BCUT2D eigenvalue weighted by Gasteiger charge is 2.74. The van der Waals surface area contributed by atoms with E-state index in [9.17, 15) is 26.3 Å². The molecule has 2 aromatic rings. The molecule has 0 aliphatic carbocycles. The fourth-order valence-electron chi connectivity index (χ4n) is 1.99. The highest BCUT2D eigenvalue weighted by molar-refractivity contribution is 6.07. The average Bonchev–Trinajstić information content (AvgIpc) is 3.07. The van der Waals surface area contributed by atoms with Gasteiger partial charge >= 0.3 is 18.0 Å². The van der Waals surface area contributed by atoms with E-state index in [0.717, 1.165) is 18.5 Å². The van der Waals surface area contributed by atoms with Gasteiger partial charge in [0.15, 0.2) is 5.76 Å². The topological polar surface area (TPSA) is 60.0 Å². The quantitative estimate of drug-likeness (QED) is 0.764. The third-order valence-electron chi connectivity index (χ3n) is 3.15. The molecule has 0 radical (unpaired) electrons. The molecule has 0 atom stereocenters. The maximum absolute atomic E-state index is 13.4. The van der Waals surface area contributed by atoms with E-state index in [2.05, 4.69) is 15.0 Å². The summed E-state index contributed by atoms with van der Waals surface area (Å²) in [5.74, 6) is -2.33. The SMILES string of the molecule is FC(F)(F)C1(C(F)(F)F)N=C(c2cccnc2)OC(c2ccco2)=N1. The first-order valence-electron chi connectivity index (χ1n) is 6.59. The molecule has 2 aromatic heterocycles. The Bertz CT molecular complexity index is 795. The van der Waals surface area contributed by atoms with E-state index in [-0.39, 0.29) is 5.56 Å². The number of hydrogen-bond acceptors (Lipinski definition) is 5. The normalized spacial score (nSPS) is 17.5. The molecule has 25 heavy (non-hydrogen) atoms.